The van der Waals surface area contributed by atoms with Crippen LogP contribution >= 0.6 is 23.2 Å². The molecular formula is C14H8Cl2N2O3. The van der Waals surface area contributed by atoms with Crippen LogP contribution in [0.1, 0.15) is 11.1 Å². The zero-order chi connectivity index (χ0) is 15.6. The Kier molecular flexibility index (Phi) is 4.32. The minimum absolute atomic E-state index is 0.0560. The fourth-order valence-electron chi connectivity index (χ4n) is 1.67. The summed E-state index contributed by atoms with van der Waals surface area (Å²) in [6, 6.07) is 9.27. The highest BCUT2D eigenvalue weighted by atomic mass is 35.5. The van der Waals surface area contributed by atoms with Gasteiger partial charge in [-0.15, -0.1) is 0 Å². The summed E-state index contributed by atoms with van der Waals surface area (Å²) in [6.45, 7) is 1.82. The van der Waals surface area contributed by atoms with E-state index in [2.05, 4.69) is 0 Å². The fraction of sp³-hybridized carbons (Fsp3) is 0.0714. The summed E-state index contributed by atoms with van der Waals surface area (Å²) in [6.07, 6.45) is 0. The highest BCUT2D eigenvalue weighted by Crippen LogP contribution is 2.38. The topological polar surface area (TPSA) is 76.2 Å². The van der Waals surface area contributed by atoms with Crippen molar-refractivity contribution >= 4 is 28.9 Å². The molecule has 0 amide bonds. The Morgan fingerprint density at radius 3 is 2.48 bits per heavy atom. The molecule has 0 aliphatic rings. The van der Waals surface area contributed by atoms with E-state index in [1.807, 2.05) is 13.0 Å². The van der Waals surface area contributed by atoms with Crippen molar-refractivity contribution in [2.45, 2.75) is 6.92 Å². The van der Waals surface area contributed by atoms with E-state index in [1.54, 1.807) is 18.2 Å². The van der Waals surface area contributed by atoms with Crippen LogP contribution in [0.25, 0.3) is 0 Å². The van der Waals surface area contributed by atoms with Crippen LogP contribution in [0.2, 0.25) is 10.0 Å². The lowest BCUT2D eigenvalue weighted by Crippen LogP contribution is -1.95. The van der Waals surface area contributed by atoms with Gasteiger partial charge in [0.2, 0.25) is 5.75 Å². The number of nitriles is 1. The molecule has 0 saturated heterocycles. The second-order valence-electron chi connectivity index (χ2n) is 4.20. The van der Waals surface area contributed by atoms with Crippen LogP contribution in [0.15, 0.2) is 30.3 Å². The number of hydrogen-bond acceptors (Lipinski definition) is 4. The van der Waals surface area contributed by atoms with Gasteiger partial charge in [-0.05, 0) is 24.6 Å². The lowest BCUT2D eigenvalue weighted by molar-refractivity contribution is -0.385. The largest absolute Gasteiger partial charge is 0.449 e. The molecule has 0 unspecified atom stereocenters. The Balaban J connectivity index is 2.54. The van der Waals surface area contributed by atoms with E-state index in [-0.39, 0.29) is 32.8 Å². The summed E-state index contributed by atoms with van der Waals surface area (Å²) in [7, 11) is 0. The highest BCUT2D eigenvalue weighted by Gasteiger charge is 2.20. The van der Waals surface area contributed by atoms with Crippen molar-refractivity contribution in [1.82, 2.24) is 0 Å². The third-order valence-corrected chi connectivity index (χ3v) is 3.40. The summed E-state index contributed by atoms with van der Waals surface area (Å²) in [4.78, 5) is 10.4. The molecule has 0 radical (unpaired) electrons. The van der Waals surface area contributed by atoms with Crippen LogP contribution < -0.4 is 4.74 Å². The summed E-state index contributed by atoms with van der Waals surface area (Å²) in [5.41, 5.74) is 0.794. The van der Waals surface area contributed by atoms with Gasteiger partial charge in [-0.2, -0.15) is 5.26 Å². The smallest absolute Gasteiger partial charge is 0.313 e. The van der Waals surface area contributed by atoms with Crippen molar-refractivity contribution in [1.29, 1.82) is 5.26 Å². The number of benzene rings is 2. The third-order valence-electron chi connectivity index (χ3n) is 2.68. The molecule has 2 aromatic carbocycles. The maximum Gasteiger partial charge on any atom is 0.313 e. The minimum Gasteiger partial charge on any atom is -0.449 e. The Morgan fingerprint density at radius 2 is 1.86 bits per heavy atom. The number of nitro benzene ring substituents is 1. The molecule has 0 fully saturated rings. The van der Waals surface area contributed by atoms with E-state index in [0.29, 0.717) is 0 Å². The van der Waals surface area contributed by atoms with Gasteiger partial charge in [0.25, 0.3) is 0 Å². The Morgan fingerprint density at radius 1 is 1.19 bits per heavy atom. The van der Waals surface area contributed by atoms with Gasteiger partial charge in [0, 0.05) is 12.1 Å². The molecule has 0 aliphatic carbocycles. The van der Waals surface area contributed by atoms with Gasteiger partial charge in [0.05, 0.1) is 20.5 Å². The Labute approximate surface area is 130 Å². The van der Waals surface area contributed by atoms with Gasteiger partial charge in [-0.25, -0.2) is 0 Å². The number of ether oxygens (including phenoxy) is 1. The molecule has 0 saturated carbocycles. The van der Waals surface area contributed by atoms with Crippen molar-refractivity contribution in [3.63, 3.8) is 0 Å². The first-order valence-electron chi connectivity index (χ1n) is 5.74. The van der Waals surface area contributed by atoms with E-state index >= 15 is 0 Å². The van der Waals surface area contributed by atoms with Crippen LogP contribution in [0.5, 0.6) is 11.5 Å². The summed E-state index contributed by atoms with van der Waals surface area (Å²) in [5, 5.41) is 20.3. The number of aryl methyl sites for hydroxylation is 1. The lowest BCUT2D eigenvalue weighted by atomic mass is 10.1. The van der Waals surface area contributed by atoms with Crippen LogP contribution in [-0.4, -0.2) is 4.92 Å². The Bertz CT molecular complexity index is 770. The number of hydrogen-bond donors (Lipinski definition) is 0. The standard InChI is InChI=1S/C14H8Cl2N2O3/c1-8-2-3-9(7-17)13(4-8)21-14-6-11(16)10(15)5-12(14)18(19)20/h2-6H,1H3. The molecule has 2 aromatic rings. The second-order valence-corrected chi connectivity index (χ2v) is 5.02. The molecule has 106 valence electrons. The predicted octanol–water partition coefficient (Wildman–Crippen LogP) is 4.87. The molecule has 0 aromatic heterocycles. The highest BCUT2D eigenvalue weighted by molar-refractivity contribution is 6.42. The molecule has 0 bridgehead atoms. The van der Waals surface area contributed by atoms with Gasteiger partial charge in [-0.3, -0.25) is 10.1 Å². The van der Waals surface area contributed by atoms with E-state index in [4.69, 9.17) is 33.2 Å². The fourth-order valence-corrected chi connectivity index (χ4v) is 1.98. The quantitative estimate of drug-likeness (QED) is 0.596. The van der Waals surface area contributed by atoms with Gasteiger partial charge >= 0.3 is 5.69 Å². The second kappa shape index (κ2) is 6.00. The summed E-state index contributed by atoms with van der Waals surface area (Å²) in [5.74, 6) is 0.149. The van der Waals surface area contributed by atoms with Crippen LogP contribution in [0.4, 0.5) is 5.69 Å². The molecular weight excluding hydrogens is 315 g/mol. The zero-order valence-corrected chi connectivity index (χ0v) is 12.3. The summed E-state index contributed by atoms with van der Waals surface area (Å²) < 4.78 is 5.50. The molecule has 21 heavy (non-hydrogen) atoms. The molecule has 2 rings (SSSR count). The van der Waals surface area contributed by atoms with E-state index in [1.165, 1.54) is 6.07 Å². The first kappa shape index (κ1) is 15.1. The molecule has 5 nitrogen and oxygen atoms in total. The number of rotatable bonds is 3. The average molecular weight is 323 g/mol. The Hall–Kier alpha value is -2.29. The van der Waals surface area contributed by atoms with Gasteiger partial charge in [0.1, 0.15) is 11.8 Å². The van der Waals surface area contributed by atoms with E-state index in [0.717, 1.165) is 11.6 Å². The predicted molar refractivity (Wildman–Crippen MR) is 79.1 cm³/mol. The molecule has 0 N–H and O–H groups in total. The maximum absolute atomic E-state index is 11.1. The van der Waals surface area contributed by atoms with Crippen molar-refractivity contribution < 1.29 is 9.66 Å². The third kappa shape index (κ3) is 3.24. The van der Waals surface area contributed by atoms with Gasteiger partial charge in [0.15, 0.2) is 0 Å². The molecule has 0 spiro atoms. The van der Waals surface area contributed by atoms with Crippen LogP contribution in [0.3, 0.4) is 0 Å². The lowest BCUT2D eigenvalue weighted by Gasteiger charge is -2.09. The van der Waals surface area contributed by atoms with Crippen molar-refractivity contribution in [3.05, 3.63) is 61.6 Å². The number of halogens is 2. The first-order chi connectivity index (χ1) is 9.92. The number of nitrogens with zero attached hydrogens (tertiary/aromatic N) is 2. The molecule has 0 aliphatic heterocycles. The van der Waals surface area contributed by atoms with E-state index in [9.17, 15) is 10.1 Å². The maximum atomic E-state index is 11.1. The van der Waals surface area contributed by atoms with Crippen molar-refractivity contribution in [3.8, 4) is 17.6 Å². The van der Waals surface area contributed by atoms with Crippen molar-refractivity contribution in [2.24, 2.45) is 0 Å². The van der Waals surface area contributed by atoms with Crippen molar-refractivity contribution in [2.75, 3.05) is 0 Å². The average Bonchev–Trinajstić information content (AvgIpc) is 2.42. The van der Waals surface area contributed by atoms with Gasteiger partial charge < -0.3 is 4.74 Å². The molecule has 0 atom stereocenters. The molecule has 7 heteroatoms. The number of nitro groups is 1. The van der Waals surface area contributed by atoms with Crippen LogP contribution in [-0.2, 0) is 0 Å². The first-order valence-corrected chi connectivity index (χ1v) is 6.50. The van der Waals surface area contributed by atoms with E-state index < -0.39 is 4.92 Å². The van der Waals surface area contributed by atoms with Crippen LogP contribution in [0, 0.1) is 28.4 Å². The minimum atomic E-state index is -0.626. The monoisotopic (exact) mass is 322 g/mol. The molecule has 0 heterocycles. The van der Waals surface area contributed by atoms with Gasteiger partial charge in [-0.1, -0.05) is 29.3 Å². The zero-order valence-electron chi connectivity index (χ0n) is 10.8. The normalized spacial score (nSPS) is 10.0. The summed E-state index contributed by atoms with van der Waals surface area (Å²) >= 11 is 11.6. The SMILES string of the molecule is Cc1ccc(C#N)c(Oc2cc(Cl)c(Cl)cc2[N+](=O)[O-])c1.